The van der Waals surface area contributed by atoms with Crippen LogP contribution in [-0.4, -0.2) is 15.9 Å². The summed E-state index contributed by atoms with van der Waals surface area (Å²) in [6.07, 6.45) is 4.15. The van der Waals surface area contributed by atoms with Gasteiger partial charge in [-0.05, 0) is 48.3 Å². The van der Waals surface area contributed by atoms with Crippen LogP contribution in [0.3, 0.4) is 0 Å². The summed E-state index contributed by atoms with van der Waals surface area (Å²) in [6.45, 7) is 5.51. The summed E-state index contributed by atoms with van der Waals surface area (Å²) >= 11 is 0. The maximum absolute atomic E-state index is 4.22. The van der Waals surface area contributed by atoms with Crippen LogP contribution in [-0.2, 0) is 20.1 Å². The minimum absolute atomic E-state index is 0. The van der Waals surface area contributed by atoms with E-state index in [-0.39, 0.29) is 20.1 Å². The van der Waals surface area contributed by atoms with Gasteiger partial charge in [0.25, 0.3) is 0 Å². The molecule has 220 valence electrons. The Morgan fingerprint density at radius 3 is 2.27 bits per heavy atom. The molecular weight excluding hydrogens is 729 g/mol. The van der Waals surface area contributed by atoms with Crippen molar-refractivity contribution in [1.29, 1.82) is 0 Å². The van der Waals surface area contributed by atoms with Gasteiger partial charge in [-0.25, -0.2) is 0 Å². The van der Waals surface area contributed by atoms with Gasteiger partial charge in [-0.2, -0.15) is 18.8 Å². The molecular formula is C40H31IrN4. The zero-order valence-corrected chi connectivity index (χ0v) is 27.3. The van der Waals surface area contributed by atoms with Crippen LogP contribution < -0.4 is 9.80 Å². The van der Waals surface area contributed by atoms with Gasteiger partial charge in [0, 0.05) is 33.9 Å². The van der Waals surface area contributed by atoms with Crippen LogP contribution >= 0.6 is 0 Å². The molecule has 4 nitrogen and oxygen atoms in total. The number of para-hydroxylation sites is 4. The normalized spacial score (nSPS) is 12.5. The Hall–Kier alpha value is -4.70. The predicted molar refractivity (Wildman–Crippen MR) is 184 cm³/mol. The van der Waals surface area contributed by atoms with E-state index < -0.39 is 0 Å². The van der Waals surface area contributed by atoms with E-state index in [9.17, 15) is 0 Å². The van der Waals surface area contributed by atoms with Crippen LogP contribution in [0, 0.1) is 18.8 Å². The Labute approximate surface area is 277 Å². The SMILES string of the molecule is CCCCN1[CH-]N(c2[c-]cc3c4cccc5c6ccccc6n(c3c2)c54)c2ccccc21.[Ir+3].[c-]1ccccc1-c1ccccn1. The van der Waals surface area contributed by atoms with Crippen LogP contribution in [0.4, 0.5) is 17.1 Å². The predicted octanol–water partition coefficient (Wildman–Crippen LogP) is 10.1. The van der Waals surface area contributed by atoms with Crippen molar-refractivity contribution < 1.29 is 20.1 Å². The average Bonchev–Trinajstić information content (AvgIpc) is 3.75. The Morgan fingerprint density at radius 2 is 1.47 bits per heavy atom. The molecule has 0 aliphatic carbocycles. The van der Waals surface area contributed by atoms with E-state index >= 15 is 0 Å². The summed E-state index contributed by atoms with van der Waals surface area (Å²) in [5, 5.41) is 5.19. The van der Waals surface area contributed by atoms with Gasteiger partial charge >= 0.3 is 20.1 Å². The summed E-state index contributed by atoms with van der Waals surface area (Å²) in [7, 11) is 0. The second kappa shape index (κ2) is 12.4. The number of fused-ring (bicyclic) bond motifs is 7. The molecule has 3 aromatic heterocycles. The van der Waals surface area contributed by atoms with Gasteiger partial charge in [0.05, 0.1) is 5.52 Å². The average molecular weight is 760 g/mol. The Bertz CT molecular complexity index is 2170. The second-order valence-electron chi connectivity index (χ2n) is 11.2. The van der Waals surface area contributed by atoms with Crippen LogP contribution in [0.2, 0.25) is 0 Å². The molecule has 0 fully saturated rings. The van der Waals surface area contributed by atoms with Crippen LogP contribution in [0.5, 0.6) is 0 Å². The number of unbranched alkanes of at least 4 members (excludes halogenated alkanes) is 1. The van der Waals surface area contributed by atoms with E-state index in [1.54, 1.807) is 6.20 Å². The zero-order valence-electron chi connectivity index (χ0n) is 24.9. The van der Waals surface area contributed by atoms with Crippen molar-refractivity contribution >= 4 is 55.2 Å². The molecule has 0 atom stereocenters. The van der Waals surface area contributed by atoms with E-state index in [1.165, 1.54) is 62.3 Å². The minimum atomic E-state index is 0. The molecule has 45 heavy (non-hydrogen) atoms. The number of rotatable bonds is 5. The monoisotopic (exact) mass is 760 g/mol. The zero-order chi connectivity index (χ0) is 29.5. The number of nitrogens with zero attached hydrogens (tertiary/aromatic N) is 4. The molecule has 5 heteroatoms. The maximum Gasteiger partial charge on any atom is 3.00 e. The van der Waals surface area contributed by atoms with Crippen molar-refractivity contribution in [3.8, 4) is 11.3 Å². The van der Waals surface area contributed by atoms with Crippen molar-refractivity contribution in [2.75, 3.05) is 16.3 Å². The molecule has 0 amide bonds. The van der Waals surface area contributed by atoms with E-state index in [0.717, 1.165) is 23.5 Å². The fourth-order valence-electron chi connectivity index (χ4n) is 6.44. The van der Waals surface area contributed by atoms with Crippen molar-refractivity contribution in [3.05, 3.63) is 146 Å². The molecule has 0 N–H and O–H groups in total. The van der Waals surface area contributed by atoms with Crippen molar-refractivity contribution in [3.63, 3.8) is 0 Å². The number of benzene rings is 5. The topological polar surface area (TPSA) is 23.8 Å². The Kier molecular flexibility index (Phi) is 7.97. The molecule has 0 bridgehead atoms. The Morgan fingerprint density at radius 1 is 0.711 bits per heavy atom. The molecule has 5 aromatic carbocycles. The largest absolute Gasteiger partial charge is 3.00 e. The summed E-state index contributed by atoms with van der Waals surface area (Å²) in [6, 6.07) is 48.9. The third-order valence-electron chi connectivity index (χ3n) is 8.51. The Balaban J connectivity index is 0.000000211. The van der Waals surface area contributed by atoms with Gasteiger partial charge in [-0.3, -0.25) is 0 Å². The van der Waals surface area contributed by atoms with E-state index in [1.807, 2.05) is 42.5 Å². The summed E-state index contributed by atoms with van der Waals surface area (Å²) in [5.41, 5.74) is 9.39. The van der Waals surface area contributed by atoms with Gasteiger partial charge in [-0.1, -0.05) is 79.5 Å². The van der Waals surface area contributed by atoms with Crippen LogP contribution in [0.1, 0.15) is 19.8 Å². The quantitative estimate of drug-likeness (QED) is 0.163. The van der Waals surface area contributed by atoms with Crippen molar-refractivity contribution in [2.24, 2.45) is 0 Å². The van der Waals surface area contributed by atoms with Gasteiger partial charge in [0.1, 0.15) is 0 Å². The van der Waals surface area contributed by atoms with Gasteiger partial charge < -0.3 is 19.2 Å². The number of anilines is 3. The van der Waals surface area contributed by atoms with Crippen LogP contribution in [0.15, 0.2) is 128 Å². The molecule has 9 rings (SSSR count). The third-order valence-corrected chi connectivity index (χ3v) is 8.51. The third kappa shape index (κ3) is 5.03. The molecule has 1 aliphatic rings. The molecule has 0 saturated carbocycles. The number of pyridine rings is 1. The van der Waals surface area contributed by atoms with Crippen LogP contribution in [0.25, 0.3) is 49.4 Å². The first-order valence-electron chi connectivity index (χ1n) is 15.3. The molecule has 0 spiro atoms. The standard InChI is InChI=1S/C29H23N3.C11H8N.Ir/c1-2-3-17-30-19-31(27-14-7-6-13-26(27)30)20-15-16-22-24-11-8-10-23-21-9-4-5-12-25(21)32(29(23)24)28(22)18-20;1-2-6-10(7-3-1)11-8-4-5-9-12-11;/h4-14,16,18-19H,2-3,17H2,1H3;1-6,8-9H;/q-2;-1;+3. The first-order valence-corrected chi connectivity index (χ1v) is 15.3. The molecule has 4 heterocycles. The summed E-state index contributed by atoms with van der Waals surface area (Å²) < 4.78 is 2.43. The summed E-state index contributed by atoms with van der Waals surface area (Å²) in [4.78, 5) is 8.88. The van der Waals surface area contributed by atoms with E-state index in [0.29, 0.717) is 0 Å². The van der Waals surface area contributed by atoms with E-state index in [2.05, 4.69) is 124 Å². The smallest absolute Gasteiger partial charge is 0.501 e. The minimum Gasteiger partial charge on any atom is -0.501 e. The van der Waals surface area contributed by atoms with E-state index in [4.69, 9.17) is 0 Å². The number of hydrogen-bond donors (Lipinski definition) is 0. The molecule has 1 aliphatic heterocycles. The van der Waals surface area contributed by atoms with Gasteiger partial charge in [0.2, 0.25) is 0 Å². The van der Waals surface area contributed by atoms with Crippen molar-refractivity contribution in [2.45, 2.75) is 19.8 Å². The van der Waals surface area contributed by atoms with Gasteiger partial charge in [-0.15, -0.1) is 53.0 Å². The molecule has 8 aromatic rings. The van der Waals surface area contributed by atoms with Gasteiger partial charge in [0.15, 0.2) is 0 Å². The summed E-state index contributed by atoms with van der Waals surface area (Å²) in [5.74, 6) is 0. The number of hydrogen-bond acceptors (Lipinski definition) is 3. The first kappa shape index (κ1) is 29.0. The first-order chi connectivity index (χ1) is 21.8. The molecule has 0 radical (unpaired) electrons. The fraction of sp³-hybridized carbons (Fsp3) is 0.100. The van der Waals surface area contributed by atoms with Crippen molar-refractivity contribution in [1.82, 2.24) is 9.38 Å². The fourth-order valence-corrected chi connectivity index (χ4v) is 6.44. The maximum atomic E-state index is 4.22. The molecule has 0 saturated heterocycles. The second-order valence-corrected chi connectivity index (χ2v) is 11.2. The number of aromatic nitrogens is 2. The molecule has 0 unspecified atom stereocenters.